The highest BCUT2D eigenvalue weighted by Gasteiger charge is 1.73. The van der Waals surface area contributed by atoms with Gasteiger partial charge in [0.1, 0.15) is 6.29 Å². The van der Waals surface area contributed by atoms with Gasteiger partial charge in [-0.3, -0.25) is 4.79 Å². The fraction of sp³-hybridized carbons (Fsp3) is 0.286. The lowest BCUT2D eigenvalue weighted by Gasteiger charge is -1.81. The van der Waals surface area contributed by atoms with E-state index in [0.29, 0.717) is 0 Å². The van der Waals surface area contributed by atoms with Crippen LogP contribution in [0.15, 0.2) is 23.8 Å². The van der Waals surface area contributed by atoms with Gasteiger partial charge in [-0.25, -0.2) is 0 Å². The van der Waals surface area contributed by atoms with E-state index >= 15 is 0 Å². The molecule has 0 unspecified atom stereocenters. The molecule has 0 fully saturated rings. The first-order valence-electron chi connectivity index (χ1n) is 2.56. The van der Waals surface area contributed by atoms with Crippen molar-refractivity contribution in [1.29, 1.82) is 0 Å². The molecule has 44 valence electrons. The van der Waals surface area contributed by atoms with Crippen LogP contribution in [0.5, 0.6) is 0 Å². The number of hydrogen-bond acceptors (Lipinski definition) is 1. The van der Waals surface area contributed by atoms with E-state index in [1.807, 2.05) is 26.0 Å². The molecular formula is C7H10O. The van der Waals surface area contributed by atoms with Crippen molar-refractivity contribution in [1.82, 2.24) is 0 Å². The quantitative estimate of drug-likeness (QED) is 0.300. The number of aldehydes is 1. The summed E-state index contributed by atoms with van der Waals surface area (Å²) in [5, 5.41) is 0. The summed E-state index contributed by atoms with van der Waals surface area (Å²) in [6, 6.07) is 0. The molecule has 8 heavy (non-hydrogen) atoms. The van der Waals surface area contributed by atoms with E-state index in [0.717, 1.165) is 11.9 Å². The highest BCUT2D eigenvalue weighted by atomic mass is 16.1. The van der Waals surface area contributed by atoms with Crippen LogP contribution in [-0.4, -0.2) is 6.29 Å². The molecule has 0 rings (SSSR count). The van der Waals surface area contributed by atoms with Crippen molar-refractivity contribution in [2.24, 2.45) is 0 Å². The molecule has 0 spiro atoms. The molecule has 0 aromatic carbocycles. The molecule has 0 aromatic heterocycles. The van der Waals surface area contributed by atoms with Gasteiger partial charge in [0.05, 0.1) is 0 Å². The third-order valence-corrected chi connectivity index (χ3v) is 0.760. The fourth-order valence-electron chi connectivity index (χ4n) is 0.426. The van der Waals surface area contributed by atoms with Crippen LogP contribution in [0.25, 0.3) is 0 Å². The second kappa shape index (κ2) is 4.31. The molecule has 0 amide bonds. The largest absolute Gasteiger partial charge is 0.299 e. The van der Waals surface area contributed by atoms with Crippen molar-refractivity contribution in [2.75, 3.05) is 0 Å². The molecule has 0 saturated heterocycles. The summed E-state index contributed by atoms with van der Waals surface area (Å²) in [6.07, 6.45) is 6.10. The molecule has 0 aliphatic rings. The van der Waals surface area contributed by atoms with Crippen LogP contribution in [0.4, 0.5) is 0 Å². The van der Waals surface area contributed by atoms with Crippen LogP contribution in [0, 0.1) is 0 Å². The Bertz CT molecular complexity index is 120. The van der Waals surface area contributed by atoms with Gasteiger partial charge < -0.3 is 0 Å². The van der Waals surface area contributed by atoms with E-state index in [2.05, 4.69) is 0 Å². The second-order valence-electron chi connectivity index (χ2n) is 1.55. The van der Waals surface area contributed by atoms with E-state index in [1.165, 1.54) is 6.08 Å². The predicted octanol–water partition coefficient (Wildman–Crippen LogP) is 1.71. The summed E-state index contributed by atoms with van der Waals surface area (Å²) >= 11 is 0. The SMILES string of the molecule is CC=CC(C)=CC=O. The van der Waals surface area contributed by atoms with E-state index in [1.54, 1.807) is 0 Å². The van der Waals surface area contributed by atoms with E-state index in [4.69, 9.17) is 0 Å². The van der Waals surface area contributed by atoms with Crippen molar-refractivity contribution >= 4 is 6.29 Å². The molecule has 0 aromatic rings. The van der Waals surface area contributed by atoms with Gasteiger partial charge in [-0.15, -0.1) is 0 Å². The van der Waals surface area contributed by atoms with Gasteiger partial charge in [-0.1, -0.05) is 12.2 Å². The first-order chi connectivity index (χ1) is 3.81. The van der Waals surface area contributed by atoms with Crippen molar-refractivity contribution in [3.8, 4) is 0 Å². The topological polar surface area (TPSA) is 17.1 Å². The normalized spacial score (nSPS) is 12.5. The molecule has 0 bridgehead atoms. The van der Waals surface area contributed by atoms with Gasteiger partial charge in [0.2, 0.25) is 0 Å². The summed E-state index contributed by atoms with van der Waals surface area (Å²) in [7, 11) is 0. The molecule has 1 heteroatoms. The van der Waals surface area contributed by atoms with E-state index in [9.17, 15) is 4.79 Å². The Hall–Kier alpha value is -0.850. The first-order valence-corrected chi connectivity index (χ1v) is 2.56. The summed E-state index contributed by atoms with van der Waals surface area (Å²) in [6.45, 7) is 3.80. The second-order valence-corrected chi connectivity index (χ2v) is 1.55. The molecule has 0 radical (unpaired) electrons. The summed E-state index contributed by atoms with van der Waals surface area (Å²) in [5.74, 6) is 0. The van der Waals surface area contributed by atoms with Gasteiger partial charge in [0, 0.05) is 0 Å². The van der Waals surface area contributed by atoms with Crippen LogP contribution < -0.4 is 0 Å². The third kappa shape index (κ3) is 3.34. The van der Waals surface area contributed by atoms with Gasteiger partial charge in [0.15, 0.2) is 0 Å². The lowest BCUT2D eigenvalue weighted by atomic mass is 10.3. The maximum atomic E-state index is 9.78. The molecule has 0 aliphatic heterocycles. The highest BCUT2D eigenvalue weighted by molar-refractivity contribution is 5.66. The number of rotatable bonds is 2. The van der Waals surface area contributed by atoms with Crippen LogP contribution in [0.1, 0.15) is 13.8 Å². The molecule has 1 nitrogen and oxygen atoms in total. The Morgan fingerprint density at radius 1 is 1.50 bits per heavy atom. The zero-order valence-corrected chi connectivity index (χ0v) is 5.22. The fourth-order valence-corrected chi connectivity index (χ4v) is 0.426. The standard InChI is InChI=1S/C7H10O/c1-3-4-7(2)5-6-8/h3-6H,1-2H3. The minimum Gasteiger partial charge on any atom is -0.299 e. The van der Waals surface area contributed by atoms with Crippen LogP contribution in [0.3, 0.4) is 0 Å². The first kappa shape index (κ1) is 7.15. The van der Waals surface area contributed by atoms with E-state index < -0.39 is 0 Å². The van der Waals surface area contributed by atoms with Gasteiger partial charge in [-0.2, -0.15) is 0 Å². The summed E-state index contributed by atoms with van der Waals surface area (Å²) < 4.78 is 0. The zero-order valence-electron chi connectivity index (χ0n) is 5.22. The Morgan fingerprint density at radius 3 is 2.50 bits per heavy atom. The van der Waals surface area contributed by atoms with Crippen LogP contribution in [0.2, 0.25) is 0 Å². The predicted molar refractivity (Wildman–Crippen MR) is 34.6 cm³/mol. The van der Waals surface area contributed by atoms with Crippen LogP contribution >= 0.6 is 0 Å². The zero-order chi connectivity index (χ0) is 6.41. The number of allylic oxidation sites excluding steroid dienone is 4. The summed E-state index contributed by atoms with van der Waals surface area (Å²) in [4.78, 5) is 9.78. The average Bonchev–Trinajstić information content (AvgIpc) is 1.68. The molecule has 0 heterocycles. The monoisotopic (exact) mass is 110 g/mol. The Labute approximate surface area is 49.7 Å². The molecule has 0 atom stereocenters. The lowest BCUT2D eigenvalue weighted by Crippen LogP contribution is -1.67. The maximum Gasteiger partial charge on any atom is 0.143 e. The number of hydrogen-bond donors (Lipinski definition) is 0. The van der Waals surface area contributed by atoms with E-state index in [-0.39, 0.29) is 0 Å². The number of carbonyl (C=O) groups is 1. The lowest BCUT2D eigenvalue weighted by molar-refractivity contribution is -0.104. The molecular weight excluding hydrogens is 100 g/mol. The Balaban J connectivity index is 3.79. The molecule has 0 N–H and O–H groups in total. The Morgan fingerprint density at radius 2 is 2.12 bits per heavy atom. The van der Waals surface area contributed by atoms with Gasteiger partial charge >= 0.3 is 0 Å². The maximum absolute atomic E-state index is 9.78. The summed E-state index contributed by atoms with van der Waals surface area (Å²) in [5.41, 5.74) is 0.988. The van der Waals surface area contributed by atoms with Gasteiger partial charge in [0.25, 0.3) is 0 Å². The average molecular weight is 110 g/mol. The van der Waals surface area contributed by atoms with Crippen molar-refractivity contribution in [3.63, 3.8) is 0 Å². The van der Waals surface area contributed by atoms with Gasteiger partial charge in [-0.05, 0) is 25.5 Å². The van der Waals surface area contributed by atoms with Crippen LogP contribution in [-0.2, 0) is 4.79 Å². The molecule has 0 aliphatic carbocycles. The number of carbonyl (C=O) groups excluding carboxylic acids is 1. The third-order valence-electron chi connectivity index (χ3n) is 0.760. The minimum absolute atomic E-state index is 0.787. The smallest absolute Gasteiger partial charge is 0.143 e. The van der Waals surface area contributed by atoms with Crippen molar-refractivity contribution < 1.29 is 4.79 Å². The van der Waals surface area contributed by atoms with Crippen molar-refractivity contribution in [2.45, 2.75) is 13.8 Å². The highest BCUT2D eigenvalue weighted by Crippen LogP contribution is 1.90. The minimum atomic E-state index is 0.787. The molecule has 0 saturated carbocycles. The Kier molecular flexibility index (Phi) is 3.85. The van der Waals surface area contributed by atoms with Crippen molar-refractivity contribution in [3.05, 3.63) is 23.8 Å².